The van der Waals surface area contributed by atoms with Crippen LogP contribution in [0.4, 0.5) is 0 Å². The molecule has 2 N–H and O–H groups in total. The average Bonchev–Trinajstić information content (AvgIpc) is 2.48. The Morgan fingerprint density at radius 1 is 1.38 bits per heavy atom. The maximum absolute atomic E-state index is 12.2. The van der Waals surface area contributed by atoms with E-state index in [1.807, 2.05) is 30.3 Å². The van der Waals surface area contributed by atoms with Crippen molar-refractivity contribution in [3.05, 3.63) is 35.9 Å². The molecule has 0 amide bonds. The molecule has 1 aromatic rings. The van der Waals surface area contributed by atoms with E-state index < -0.39 is 5.54 Å². The van der Waals surface area contributed by atoms with Gasteiger partial charge in [-0.25, -0.2) is 4.79 Å². The van der Waals surface area contributed by atoms with Crippen molar-refractivity contribution in [3.8, 4) is 0 Å². The summed E-state index contributed by atoms with van der Waals surface area (Å²) in [5, 5.41) is 0. The largest absolute Gasteiger partial charge is 0.467 e. The van der Waals surface area contributed by atoms with Gasteiger partial charge in [-0.1, -0.05) is 36.8 Å². The quantitative estimate of drug-likeness (QED) is 0.782. The molecule has 1 unspecified atom stereocenters. The number of carbonyl (C=O) groups is 1. The predicted molar refractivity (Wildman–Crippen MR) is 83.8 cm³/mol. The number of hydrogen-bond acceptors (Lipinski definition) is 4. The molecule has 0 bridgehead atoms. The molecule has 0 radical (unpaired) electrons. The summed E-state index contributed by atoms with van der Waals surface area (Å²) in [6.45, 7) is 1.88. The zero-order valence-corrected chi connectivity index (χ0v) is 13.0. The van der Waals surface area contributed by atoms with Gasteiger partial charge in [0.15, 0.2) is 0 Å². The number of nitrogens with zero attached hydrogens (tertiary/aromatic N) is 1. The van der Waals surface area contributed by atoms with E-state index in [-0.39, 0.29) is 5.97 Å². The Hall–Kier alpha value is -1.39. The van der Waals surface area contributed by atoms with Crippen LogP contribution in [0.5, 0.6) is 0 Å². The molecule has 4 nitrogen and oxygen atoms in total. The minimum absolute atomic E-state index is 0.370. The Labute approximate surface area is 127 Å². The van der Waals surface area contributed by atoms with E-state index in [1.54, 1.807) is 0 Å². The second kappa shape index (κ2) is 7.05. The van der Waals surface area contributed by atoms with Crippen molar-refractivity contribution in [2.45, 2.75) is 31.2 Å². The smallest absolute Gasteiger partial charge is 0.330 e. The van der Waals surface area contributed by atoms with E-state index >= 15 is 0 Å². The molecule has 4 heteroatoms. The first-order valence-corrected chi connectivity index (χ1v) is 7.67. The second-order valence-corrected chi connectivity index (χ2v) is 6.14. The normalized spacial score (nSPS) is 18.1. The molecule has 0 saturated heterocycles. The molecule has 1 aromatic carbocycles. The number of carbonyl (C=O) groups excluding carboxylic acids is 1. The fourth-order valence-corrected chi connectivity index (χ4v) is 2.86. The van der Waals surface area contributed by atoms with Crippen LogP contribution in [0, 0.1) is 5.92 Å². The van der Waals surface area contributed by atoms with E-state index in [9.17, 15) is 4.79 Å². The highest BCUT2D eigenvalue weighted by Crippen LogP contribution is 2.28. The van der Waals surface area contributed by atoms with Crippen molar-refractivity contribution < 1.29 is 9.53 Å². The number of hydrogen-bond donors (Lipinski definition) is 1. The molecular weight excluding hydrogens is 264 g/mol. The van der Waals surface area contributed by atoms with Crippen molar-refractivity contribution in [1.82, 2.24) is 4.90 Å². The van der Waals surface area contributed by atoms with Gasteiger partial charge in [-0.15, -0.1) is 0 Å². The summed E-state index contributed by atoms with van der Waals surface area (Å²) >= 11 is 0. The first-order valence-electron chi connectivity index (χ1n) is 7.67. The van der Waals surface area contributed by atoms with Crippen LogP contribution in [-0.2, 0) is 15.1 Å². The van der Waals surface area contributed by atoms with Crippen LogP contribution in [0.1, 0.15) is 31.2 Å². The zero-order chi connectivity index (χ0) is 15.3. The molecule has 0 heterocycles. The summed E-state index contributed by atoms with van der Waals surface area (Å²) in [6, 6.07) is 9.51. The molecule has 0 aliphatic heterocycles. The summed E-state index contributed by atoms with van der Waals surface area (Å²) in [6.07, 6.45) is 4.57. The number of esters is 1. The number of nitrogens with two attached hydrogens (primary N) is 1. The predicted octanol–water partition coefficient (Wildman–Crippen LogP) is 2.14. The van der Waals surface area contributed by atoms with Crippen LogP contribution >= 0.6 is 0 Å². The van der Waals surface area contributed by atoms with E-state index in [0.717, 1.165) is 24.6 Å². The van der Waals surface area contributed by atoms with Gasteiger partial charge in [-0.3, -0.25) is 0 Å². The van der Waals surface area contributed by atoms with Crippen molar-refractivity contribution in [3.63, 3.8) is 0 Å². The van der Waals surface area contributed by atoms with Crippen molar-refractivity contribution in [2.24, 2.45) is 11.7 Å². The van der Waals surface area contributed by atoms with Gasteiger partial charge in [0.1, 0.15) is 5.54 Å². The summed E-state index contributed by atoms with van der Waals surface area (Å²) in [7, 11) is 3.49. The summed E-state index contributed by atoms with van der Waals surface area (Å²) in [5.41, 5.74) is 6.15. The monoisotopic (exact) mass is 290 g/mol. The molecule has 1 saturated carbocycles. The minimum Gasteiger partial charge on any atom is -0.467 e. The zero-order valence-electron chi connectivity index (χ0n) is 13.0. The molecule has 1 fully saturated rings. The Bertz CT molecular complexity index is 459. The highest BCUT2D eigenvalue weighted by Gasteiger charge is 2.37. The molecule has 1 aliphatic carbocycles. The average molecular weight is 290 g/mol. The highest BCUT2D eigenvalue weighted by molar-refractivity contribution is 5.82. The van der Waals surface area contributed by atoms with Crippen LogP contribution in [0.3, 0.4) is 0 Å². The van der Waals surface area contributed by atoms with E-state index in [2.05, 4.69) is 11.9 Å². The van der Waals surface area contributed by atoms with Crippen molar-refractivity contribution >= 4 is 5.97 Å². The van der Waals surface area contributed by atoms with Gasteiger partial charge in [0, 0.05) is 13.1 Å². The van der Waals surface area contributed by atoms with Crippen molar-refractivity contribution in [1.29, 1.82) is 0 Å². The molecular formula is C17H26N2O2. The summed E-state index contributed by atoms with van der Waals surface area (Å²) < 4.78 is 4.93. The first kappa shape index (κ1) is 16.0. The van der Waals surface area contributed by atoms with Gasteiger partial charge in [0.25, 0.3) is 0 Å². The van der Waals surface area contributed by atoms with E-state index in [0.29, 0.717) is 6.42 Å². The third kappa shape index (κ3) is 3.83. The lowest BCUT2D eigenvalue weighted by Crippen LogP contribution is -2.48. The lowest BCUT2D eigenvalue weighted by molar-refractivity contribution is -0.148. The topological polar surface area (TPSA) is 55.6 Å². The Morgan fingerprint density at radius 2 is 2.05 bits per heavy atom. The Balaban J connectivity index is 2.01. The molecule has 0 aromatic heterocycles. The van der Waals surface area contributed by atoms with Crippen LogP contribution in [0.25, 0.3) is 0 Å². The third-order valence-corrected chi connectivity index (χ3v) is 4.52. The lowest BCUT2D eigenvalue weighted by atomic mass is 9.84. The maximum atomic E-state index is 12.2. The number of methoxy groups -OCH3 is 1. The first-order chi connectivity index (χ1) is 10.1. The minimum atomic E-state index is -1.07. The van der Waals surface area contributed by atoms with Crippen LogP contribution in [0.2, 0.25) is 0 Å². The van der Waals surface area contributed by atoms with Crippen LogP contribution in [0.15, 0.2) is 30.3 Å². The summed E-state index contributed by atoms with van der Waals surface area (Å²) in [5.74, 6) is 0.447. The molecule has 116 valence electrons. The standard InChI is InChI=1S/C17H26N2O2/c1-19(13-14-7-6-8-14)12-11-17(18,16(20)21-2)15-9-4-3-5-10-15/h3-5,9-10,14H,6-8,11-13,18H2,1-2H3. The van der Waals surface area contributed by atoms with Gasteiger partial charge >= 0.3 is 5.97 Å². The molecule has 0 spiro atoms. The van der Waals surface area contributed by atoms with Gasteiger partial charge in [-0.2, -0.15) is 0 Å². The second-order valence-electron chi connectivity index (χ2n) is 6.14. The molecule has 2 rings (SSSR count). The number of rotatable bonds is 7. The molecule has 1 aliphatic rings. The van der Waals surface area contributed by atoms with Gasteiger partial charge in [-0.05, 0) is 37.8 Å². The van der Waals surface area contributed by atoms with Crippen LogP contribution in [-0.4, -0.2) is 38.1 Å². The Kier molecular flexibility index (Phi) is 5.37. The summed E-state index contributed by atoms with van der Waals surface area (Å²) in [4.78, 5) is 14.4. The van der Waals surface area contributed by atoms with Crippen LogP contribution < -0.4 is 5.73 Å². The lowest BCUT2D eigenvalue weighted by Gasteiger charge is -2.33. The fourth-order valence-electron chi connectivity index (χ4n) is 2.86. The van der Waals surface area contributed by atoms with Gasteiger partial charge < -0.3 is 15.4 Å². The van der Waals surface area contributed by atoms with E-state index in [1.165, 1.54) is 26.4 Å². The Morgan fingerprint density at radius 3 is 2.57 bits per heavy atom. The third-order valence-electron chi connectivity index (χ3n) is 4.52. The maximum Gasteiger partial charge on any atom is 0.330 e. The van der Waals surface area contributed by atoms with E-state index in [4.69, 9.17) is 10.5 Å². The number of ether oxygens (including phenoxy) is 1. The van der Waals surface area contributed by atoms with Gasteiger partial charge in [0.05, 0.1) is 7.11 Å². The molecule has 21 heavy (non-hydrogen) atoms. The SMILES string of the molecule is COC(=O)C(N)(CCN(C)CC1CCC1)c1ccccc1. The fraction of sp³-hybridized carbons (Fsp3) is 0.588. The van der Waals surface area contributed by atoms with Crippen molar-refractivity contribution in [2.75, 3.05) is 27.2 Å². The number of benzene rings is 1. The van der Waals surface area contributed by atoms with Gasteiger partial charge in [0.2, 0.25) is 0 Å². The molecule has 1 atom stereocenters. The highest BCUT2D eigenvalue weighted by atomic mass is 16.5.